The van der Waals surface area contributed by atoms with E-state index in [0.29, 0.717) is 6.54 Å². The van der Waals surface area contributed by atoms with Gasteiger partial charge in [0.25, 0.3) is 0 Å². The smallest absolute Gasteiger partial charge is 0.213 e. The Hall–Kier alpha value is -1.22. The average Bonchev–Trinajstić information content (AvgIpc) is 2.14. The third-order valence-corrected chi connectivity index (χ3v) is 1.48. The van der Waals surface area contributed by atoms with Gasteiger partial charge in [-0.05, 0) is 12.1 Å². The molecule has 0 saturated heterocycles. The summed E-state index contributed by atoms with van der Waals surface area (Å²) >= 11 is 0. The molecule has 12 heavy (non-hydrogen) atoms. The molecule has 1 heterocycles. The third kappa shape index (κ3) is 3.25. The van der Waals surface area contributed by atoms with Gasteiger partial charge in [0.1, 0.15) is 0 Å². The van der Waals surface area contributed by atoms with Gasteiger partial charge >= 0.3 is 0 Å². The van der Waals surface area contributed by atoms with Crippen molar-refractivity contribution < 1.29 is 4.79 Å². The Morgan fingerprint density at radius 3 is 3.08 bits per heavy atom. The molecule has 0 bridgehead atoms. The molecule has 3 nitrogen and oxygen atoms in total. The summed E-state index contributed by atoms with van der Waals surface area (Å²) in [4.78, 5) is 14.0. The molecule has 0 aliphatic carbocycles. The van der Waals surface area contributed by atoms with E-state index in [4.69, 9.17) is 0 Å². The lowest BCUT2D eigenvalue weighted by Gasteiger charge is -1.98. The number of aromatic nitrogens is 1. The summed E-state index contributed by atoms with van der Waals surface area (Å²) in [5.74, 6) is 0. The molecule has 1 aromatic heterocycles. The highest BCUT2D eigenvalue weighted by Crippen LogP contribution is 1.92. The molecule has 0 spiro atoms. The summed E-state index contributed by atoms with van der Waals surface area (Å²) in [5.41, 5.74) is 1.04. The Morgan fingerprint density at radius 1 is 1.50 bits per heavy atom. The quantitative estimate of drug-likeness (QED) is 0.636. The van der Waals surface area contributed by atoms with E-state index in [1.165, 1.54) is 0 Å². The first-order valence-electron chi connectivity index (χ1n) is 3.89. The molecule has 1 radical (unpaired) electrons. The first-order chi connectivity index (χ1) is 5.93. The van der Waals surface area contributed by atoms with Crippen LogP contribution in [0.3, 0.4) is 0 Å². The number of nitrogens with one attached hydrogen (secondary N) is 1. The lowest BCUT2D eigenvalue weighted by atomic mass is 10.3. The first-order valence-corrected chi connectivity index (χ1v) is 3.89. The number of nitrogens with zero attached hydrogens (tertiary/aromatic N) is 1. The number of pyridine rings is 1. The molecule has 63 valence electrons. The second kappa shape index (κ2) is 5.43. The maximum Gasteiger partial charge on any atom is 0.213 e. The lowest BCUT2D eigenvalue weighted by molar-refractivity contribution is 0.548. The zero-order valence-electron chi connectivity index (χ0n) is 6.79. The minimum absolute atomic E-state index is 0.298. The van der Waals surface area contributed by atoms with Crippen molar-refractivity contribution in [2.24, 2.45) is 0 Å². The van der Waals surface area contributed by atoms with E-state index in [1.807, 2.05) is 18.2 Å². The van der Waals surface area contributed by atoms with Crippen molar-refractivity contribution in [3.63, 3.8) is 0 Å². The van der Waals surface area contributed by atoms with Gasteiger partial charge < -0.3 is 5.32 Å². The Morgan fingerprint density at radius 2 is 2.42 bits per heavy atom. The van der Waals surface area contributed by atoms with Crippen molar-refractivity contribution >= 4 is 6.29 Å². The summed E-state index contributed by atoms with van der Waals surface area (Å²) in [6.45, 7) is 1.07. The predicted octanol–water partition coefficient (Wildman–Crippen LogP) is 0.323. The predicted molar refractivity (Wildman–Crippen MR) is 46.5 cm³/mol. The van der Waals surface area contributed by atoms with Gasteiger partial charge in [-0.15, -0.1) is 0 Å². The molecule has 0 aliphatic heterocycles. The summed E-state index contributed by atoms with van der Waals surface area (Å²) in [5, 5.41) is 2.92. The van der Waals surface area contributed by atoms with Crippen molar-refractivity contribution in [1.29, 1.82) is 0 Å². The number of carbonyl (C=O) groups excluding carboxylic acids is 1. The van der Waals surface area contributed by atoms with E-state index < -0.39 is 0 Å². The van der Waals surface area contributed by atoms with Crippen molar-refractivity contribution in [1.82, 2.24) is 10.3 Å². The van der Waals surface area contributed by atoms with E-state index in [-0.39, 0.29) is 0 Å². The van der Waals surface area contributed by atoms with Gasteiger partial charge in [0, 0.05) is 24.9 Å². The topological polar surface area (TPSA) is 42.0 Å². The molecule has 1 aromatic rings. The molecular weight excluding hydrogens is 152 g/mol. The van der Waals surface area contributed by atoms with Crippen LogP contribution in [0.25, 0.3) is 0 Å². The molecule has 3 heteroatoms. The number of hydrogen-bond donors (Lipinski definition) is 1. The molecular formula is C9H11N2O. The van der Waals surface area contributed by atoms with Gasteiger partial charge in [-0.2, -0.15) is 0 Å². The van der Waals surface area contributed by atoms with Crippen LogP contribution in [0.15, 0.2) is 24.4 Å². The van der Waals surface area contributed by atoms with Crippen LogP contribution in [0.1, 0.15) is 5.69 Å². The first kappa shape index (κ1) is 8.87. The molecule has 1 rings (SSSR count). The van der Waals surface area contributed by atoms with Gasteiger partial charge in [-0.3, -0.25) is 9.78 Å². The monoisotopic (exact) mass is 163 g/mol. The molecule has 1 N–H and O–H groups in total. The van der Waals surface area contributed by atoms with Crippen LogP contribution in [-0.4, -0.2) is 24.4 Å². The van der Waals surface area contributed by atoms with Crippen LogP contribution >= 0.6 is 0 Å². The largest absolute Gasteiger partial charge is 0.309 e. The van der Waals surface area contributed by atoms with Gasteiger partial charge in [0.05, 0.1) is 6.54 Å². The molecule has 0 atom stereocenters. The zero-order valence-corrected chi connectivity index (χ0v) is 6.79. The highest BCUT2D eigenvalue weighted by Gasteiger charge is 1.91. The molecule has 0 aliphatic rings. The zero-order chi connectivity index (χ0) is 8.65. The summed E-state index contributed by atoms with van der Waals surface area (Å²) < 4.78 is 0. The normalized spacial score (nSPS) is 9.67. The maximum atomic E-state index is 9.81. The van der Waals surface area contributed by atoms with E-state index in [9.17, 15) is 4.79 Å². The Labute approximate surface area is 71.8 Å². The molecule has 0 aromatic carbocycles. The standard InChI is InChI=1S/C9H11N2O/c12-8-7-10-6-4-9-3-1-2-5-11-9/h1-3,5,10H,4,6-7H2. The van der Waals surface area contributed by atoms with Crippen molar-refractivity contribution in [3.8, 4) is 0 Å². The number of rotatable bonds is 5. The van der Waals surface area contributed by atoms with E-state index in [1.54, 1.807) is 12.5 Å². The summed E-state index contributed by atoms with van der Waals surface area (Å²) in [7, 11) is 0. The molecule has 0 fully saturated rings. The lowest BCUT2D eigenvalue weighted by Crippen LogP contribution is -2.19. The Kier molecular flexibility index (Phi) is 4.02. The van der Waals surface area contributed by atoms with E-state index in [2.05, 4.69) is 10.3 Å². The van der Waals surface area contributed by atoms with Crippen molar-refractivity contribution in [2.45, 2.75) is 6.42 Å². The highest BCUT2D eigenvalue weighted by atomic mass is 16.1. The van der Waals surface area contributed by atoms with Crippen LogP contribution in [0, 0.1) is 0 Å². The molecule has 0 saturated carbocycles. The second-order valence-corrected chi connectivity index (χ2v) is 2.39. The molecule has 0 unspecified atom stereocenters. The molecule has 0 amide bonds. The highest BCUT2D eigenvalue weighted by molar-refractivity contribution is 5.52. The SMILES string of the molecule is O=[C]CNCCc1ccccn1. The fourth-order valence-corrected chi connectivity index (χ4v) is 0.902. The van der Waals surface area contributed by atoms with Gasteiger partial charge in [0.2, 0.25) is 6.29 Å². The average molecular weight is 163 g/mol. The van der Waals surface area contributed by atoms with Gasteiger partial charge in [-0.1, -0.05) is 6.07 Å². The van der Waals surface area contributed by atoms with Gasteiger partial charge in [0.15, 0.2) is 0 Å². The van der Waals surface area contributed by atoms with Crippen molar-refractivity contribution in [2.75, 3.05) is 13.1 Å². The third-order valence-electron chi connectivity index (χ3n) is 1.48. The Balaban J connectivity index is 2.20. The van der Waals surface area contributed by atoms with Crippen LogP contribution in [-0.2, 0) is 11.2 Å². The van der Waals surface area contributed by atoms with Crippen molar-refractivity contribution in [3.05, 3.63) is 30.1 Å². The number of hydrogen-bond acceptors (Lipinski definition) is 3. The Bertz CT molecular complexity index is 223. The van der Waals surface area contributed by atoms with E-state index >= 15 is 0 Å². The van der Waals surface area contributed by atoms with Crippen LogP contribution in [0.4, 0.5) is 0 Å². The van der Waals surface area contributed by atoms with Crippen LogP contribution < -0.4 is 5.32 Å². The minimum Gasteiger partial charge on any atom is -0.309 e. The summed E-state index contributed by atoms with van der Waals surface area (Å²) in [6.07, 6.45) is 4.39. The van der Waals surface area contributed by atoms with E-state index in [0.717, 1.165) is 18.7 Å². The minimum atomic E-state index is 0.298. The van der Waals surface area contributed by atoms with Gasteiger partial charge in [-0.25, -0.2) is 0 Å². The summed E-state index contributed by atoms with van der Waals surface area (Å²) in [6, 6.07) is 5.80. The fourth-order valence-electron chi connectivity index (χ4n) is 0.902. The maximum absolute atomic E-state index is 9.81. The van der Waals surface area contributed by atoms with Crippen LogP contribution in [0.2, 0.25) is 0 Å². The second-order valence-electron chi connectivity index (χ2n) is 2.39. The fraction of sp³-hybridized carbons (Fsp3) is 0.333. The van der Waals surface area contributed by atoms with Crippen LogP contribution in [0.5, 0.6) is 0 Å².